The number of benzene rings is 3. The highest BCUT2D eigenvalue weighted by molar-refractivity contribution is 6.11. The second-order valence-electron chi connectivity index (χ2n) is 10.7. The number of methoxy groups -OCH3 is 2. The molecule has 0 spiro atoms. The first kappa shape index (κ1) is 25.9. The molecule has 1 fully saturated rings. The molecule has 0 saturated carbocycles. The molecule has 0 amide bonds. The van der Waals surface area contributed by atoms with E-state index in [1.165, 1.54) is 78.7 Å². The number of hydrogen-bond donors (Lipinski definition) is 0. The minimum atomic E-state index is -0.342. The molecule has 0 N–H and O–H groups in total. The van der Waals surface area contributed by atoms with Gasteiger partial charge in [0.15, 0.2) is 11.9 Å². The Labute approximate surface area is 230 Å². The molecule has 3 heterocycles. The van der Waals surface area contributed by atoms with Gasteiger partial charge < -0.3 is 9.47 Å². The molecule has 1 saturated heterocycles. The van der Waals surface area contributed by atoms with Gasteiger partial charge in [0.1, 0.15) is 0 Å². The molecular weight excluding hydrogens is 482 g/mol. The van der Waals surface area contributed by atoms with Crippen molar-refractivity contribution in [2.24, 2.45) is 0 Å². The largest absolute Gasteiger partial charge is 0.352 e. The summed E-state index contributed by atoms with van der Waals surface area (Å²) in [5.74, 6) is 0. The van der Waals surface area contributed by atoms with Gasteiger partial charge in [-0.3, -0.25) is 4.90 Å². The number of fused-ring (bicyclic) bond motifs is 6. The third-order valence-corrected chi connectivity index (χ3v) is 8.25. The Balaban J connectivity index is 0.000000231. The minimum absolute atomic E-state index is 0.342. The molecule has 2 aliphatic rings. The maximum absolute atomic E-state index is 5.69. The summed E-state index contributed by atoms with van der Waals surface area (Å²) in [7, 11) is 3.45. The van der Waals surface area contributed by atoms with Crippen LogP contribution in [0.3, 0.4) is 0 Å². The molecule has 0 atom stereocenters. The monoisotopic (exact) mass is 519 g/mol. The SMILES string of the molecule is COC(OC)c1cccc2c1c(CN1CCCC1)cc1c3c(ccc12)CCCC3.c1cnc2ncccc2c1. The molecule has 0 unspecified atom stereocenters. The Morgan fingerprint density at radius 2 is 1.51 bits per heavy atom. The fourth-order valence-corrected chi connectivity index (χ4v) is 6.42. The van der Waals surface area contributed by atoms with Gasteiger partial charge in [-0.05, 0) is 120 Å². The minimum Gasteiger partial charge on any atom is -0.352 e. The van der Waals surface area contributed by atoms with Crippen LogP contribution in [-0.4, -0.2) is 42.2 Å². The van der Waals surface area contributed by atoms with Gasteiger partial charge in [-0.1, -0.05) is 30.3 Å². The second kappa shape index (κ2) is 11.8. The van der Waals surface area contributed by atoms with Crippen LogP contribution in [0.2, 0.25) is 0 Å². The molecule has 0 bridgehead atoms. The molecule has 2 aromatic heterocycles. The fraction of sp³-hybridized carbons (Fsp3) is 0.353. The van der Waals surface area contributed by atoms with Crippen LogP contribution in [-0.2, 0) is 28.9 Å². The van der Waals surface area contributed by atoms with Crippen molar-refractivity contribution in [2.75, 3.05) is 27.3 Å². The second-order valence-corrected chi connectivity index (χ2v) is 10.7. The topological polar surface area (TPSA) is 47.5 Å². The number of hydrogen-bond acceptors (Lipinski definition) is 5. The van der Waals surface area contributed by atoms with Crippen molar-refractivity contribution in [3.8, 4) is 0 Å². The molecule has 200 valence electrons. The third-order valence-electron chi connectivity index (χ3n) is 8.25. The summed E-state index contributed by atoms with van der Waals surface area (Å²) in [6.07, 6.45) is 10.8. The van der Waals surface area contributed by atoms with Gasteiger partial charge >= 0.3 is 0 Å². The van der Waals surface area contributed by atoms with E-state index in [-0.39, 0.29) is 6.29 Å². The lowest BCUT2D eigenvalue weighted by Gasteiger charge is -2.24. The summed E-state index contributed by atoms with van der Waals surface area (Å²) in [5.41, 5.74) is 6.51. The number of pyridine rings is 2. The summed E-state index contributed by atoms with van der Waals surface area (Å²) >= 11 is 0. The van der Waals surface area contributed by atoms with E-state index in [1.54, 1.807) is 37.7 Å². The van der Waals surface area contributed by atoms with Crippen molar-refractivity contribution in [1.29, 1.82) is 0 Å². The van der Waals surface area contributed by atoms with E-state index in [0.29, 0.717) is 0 Å². The predicted octanol–water partition coefficient (Wildman–Crippen LogP) is 7.39. The lowest BCUT2D eigenvalue weighted by atomic mass is 9.84. The summed E-state index contributed by atoms with van der Waals surface area (Å²) < 4.78 is 11.4. The summed E-state index contributed by atoms with van der Waals surface area (Å²) in [6.45, 7) is 3.41. The van der Waals surface area contributed by atoms with E-state index in [9.17, 15) is 0 Å². The smallest absolute Gasteiger partial charge is 0.183 e. The normalized spacial score (nSPS) is 15.6. The maximum Gasteiger partial charge on any atom is 0.183 e. The number of likely N-dealkylation sites (tertiary alicyclic amines) is 1. The van der Waals surface area contributed by atoms with Crippen LogP contribution in [0, 0.1) is 0 Å². The van der Waals surface area contributed by atoms with Crippen LogP contribution >= 0.6 is 0 Å². The van der Waals surface area contributed by atoms with Crippen LogP contribution in [0.4, 0.5) is 0 Å². The van der Waals surface area contributed by atoms with Crippen LogP contribution in [0.15, 0.2) is 73.1 Å². The van der Waals surface area contributed by atoms with Crippen molar-refractivity contribution >= 4 is 32.6 Å². The highest BCUT2D eigenvalue weighted by Gasteiger charge is 2.22. The van der Waals surface area contributed by atoms with Gasteiger partial charge in [-0.15, -0.1) is 0 Å². The van der Waals surface area contributed by atoms with Crippen molar-refractivity contribution in [1.82, 2.24) is 14.9 Å². The van der Waals surface area contributed by atoms with E-state index in [2.05, 4.69) is 51.3 Å². The first-order valence-corrected chi connectivity index (χ1v) is 14.2. The molecule has 1 aliphatic heterocycles. The van der Waals surface area contributed by atoms with Crippen LogP contribution in [0.25, 0.3) is 32.6 Å². The van der Waals surface area contributed by atoms with Crippen LogP contribution < -0.4 is 0 Å². The first-order chi connectivity index (χ1) is 19.3. The Bertz CT molecular complexity index is 1520. The number of ether oxygens (including phenoxy) is 2. The Kier molecular flexibility index (Phi) is 7.82. The standard InChI is InChI=1S/C26H31NO2.C8H6N2/c1-28-26(29-2)23-11-7-10-22-21-13-12-18-8-3-4-9-20(18)24(21)16-19(25(22)23)17-27-14-5-6-15-27;1-3-7-4-2-6-10-8(7)9-5-1/h7,10-13,16,26H,3-6,8-9,14-15,17H2,1-2H3;1-6H. The van der Waals surface area contributed by atoms with Crippen molar-refractivity contribution in [3.63, 3.8) is 0 Å². The molecule has 0 radical (unpaired) electrons. The molecule has 5 aromatic rings. The lowest BCUT2D eigenvalue weighted by molar-refractivity contribution is -0.105. The van der Waals surface area contributed by atoms with Crippen molar-refractivity contribution in [3.05, 3.63) is 95.3 Å². The van der Waals surface area contributed by atoms with Crippen molar-refractivity contribution < 1.29 is 9.47 Å². The van der Waals surface area contributed by atoms with Crippen LogP contribution in [0.5, 0.6) is 0 Å². The average Bonchev–Trinajstić information content (AvgIpc) is 3.51. The zero-order valence-corrected chi connectivity index (χ0v) is 23.0. The highest BCUT2D eigenvalue weighted by Crippen LogP contribution is 2.39. The van der Waals surface area contributed by atoms with E-state index >= 15 is 0 Å². The Morgan fingerprint density at radius 1 is 0.769 bits per heavy atom. The number of aryl methyl sites for hydroxylation is 2. The van der Waals surface area contributed by atoms with E-state index < -0.39 is 0 Å². The molecule has 7 rings (SSSR count). The molecule has 5 heteroatoms. The molecule has 1 aliphatic carbocycles. The van der Waals surface area contributed by atoms with Crippen LogP contribution in [0.1, 0.15) is 54.2 Å². The number of rotatable bonds is 5. The molecular formula is C34H37N3O2. The van der Waals surface area contributed by atoms with Gasteiger partial charge in [-0.2, -0.15) is 0 Å². The maximum atomic E-state index is 5.69. The summed E-state index contributed by atoms with van der Waals surface area (Å²) in [6, 6.07) is 21.6. The number of nitrogens with zero attached hydrogens (tertiary/aromatic N) is 3. The first-order valence-electron chi connectivity index (χ1n) is 14.2. The van der Waals surface area contributed by atoms with Gasteiger partial charge in [0.2, 0.25) is 0 Å². The molecule has 5 nitrogen and oxygen atoms in total. The zero-order chi connectivity index (χ0) is 26.6. The van der Waals surface area contributed by atoms with Gasteiger partial charge in [0.25, 0.3) is 0 Å². The lowest BCUT2D eigenvalue weighted by Crippen LogP contribution is -2.19. The Morgan fingerprint density at radius 3 is 2.23 bits per heavy atom. The molecule has 3 aromatic carbocycles. The zero-order valence-electron chi connectivity index (χ0n) is 23.0. The fourth-order valence-electron chi connectivity index (χ4n) is 6.42. The predicted molar refractivity (Wildman–Crippen MR) is 159 cm³/mol. The highest BCUT2D eigenvalue weighted by atomic mass is 16.7. The van der Waals surface area contributed by atoms with Gasteiger partial charge in [0, 0.05) is 44.1 Å². The summed E-state index contributed by atoms with van der Waals surface area (Å²) in [4.78, 5) is 10.7. The van der Waals surface area contributed by atoms with E-state index in [4.69, 9.17) is 9.47 Å². The van der Waals surface area contributed by atoms with E-state index in [0.717, 1.165) is 23.1 Å². The van der Waals surface area contributed by atoms with Gasteiger partial charge in [-0.25, -0.2) is 9.97 Å². The average molecular weight is 520 g/mol. The van der Waals surface area contributed by atoms with Gasteiger partial charge in [0.05, 0.1) is 0 Å². The number of aromatic nitrogens is 2. The summed E-state index contributed by atoms with van der Waals surface area (Å²) in [5, 5.41) is 6.58. The van der Waals surface area contributed by atoms with Crippen molar-refractivity contribution in [2.45, 2.75) is 51.4 Å². The quantitative estimate of drug-likeness (QED) is 0.179. The van der Waals surface area contributed by atoms with E-state index in [1.807, 2.05) is 24.3 Å². The Hall–Kier alpha value is -3.38. The third kappa shape index (κ3) is 5.27. The molecule has 39 heavy (non-hydrogen) atoms.